The first-order chi connectivity index (χ1) is 9.39. The van der Waals surface area contributed by atoms with Crippen LogP contribution in [-0.4, -0.2) is 0 Å². The van der Waals surface area contributed by atoms with Crippen molar-refractivity contribution in [2.45, 2.75) is 12.8 Å². The highest BCUT2D eigenvalue weighted by Gasteiger charge is 2.34. The van der Waals surface area contributed by atoms with Crippen molar-refractivity contribution in [3.8, 4) is 5.75 Å². The molecule has 0 saturated heterocycles. The van der Waals surface area contributed by atoms with E-state index in [2.05, 4.69) is 0 Å². The van der Waals surface area contributed by atoms with Gasteiger partial charge in [-0.05, 0) is 40.3 Å². The van der Waals surface area contributed by atoms with Gasteiger partial charge in [-0.15, -0.1) is 0 Å². The number of hydrogen-bond donors (Lipinski definition) is 0. The van der Waals surface area contributed by atoms with Gasteiger partial charge in [0, 0.05) is 0 Å². The summed E-state index contributed by atoms with van der Waals surface area (Å²) < 4.78 is 56.4. The van der Waals surface area contributed by atoms with E-state index in [0.717, 1.165) is 17.7 Å². The van der Waals surface area contributed by atoms with Crippen molar-refractivity contribution in [1.29, 1.82) is 0 Å². The number of ether oxygens (including phenoxy) is 1. The fraction of sp³-hybridized carbons (Fsp3) is 0.143. The fourth-order valence-corrected chi connectivity index (χ4v) is 2.35. The second kappa shape index (κ2) is 5.99. The molecule has 0 N–H and O–H groups in total. The third kappa shape index (κ3) is 3.41. The average molecular weight is 396 g/mol. The minimum atomic E-state index is -4.57. The summed E-state index contributed by atoms with van der Waals surface area (Å²) in [5.74, 6) is -1.18. The van der Waals surface area contributed by atoms with Gasteiger partial charge < -0.3 is 4.74 Å². The molecular weight excluding hydrogens is 387 g/mol. The molecule has 0 atom stereocenters. The molecule has 0 amide bonds. The molecule has 0 radical (unpaired) electrons. The first-order valence-electron chi connectivity index (χ1n) is 5.61. The van der Waals surface area contributed by atoms with Crippen molar-refractivity contribution in [3.63, 3.8) is 0 Å². The van der Waals surface area contributed by atoms with Crippen LogP contribution in [0.1, 0.15) is 11.1 Å². The lowest BCUT2D eigenvalue weighted by atomic mass is 10.2. The summed E-state index contributed by atoms with van der Waals surface area (Å²) in [6, 6.07) is 10.8. The van der Waals surface area contributed by atoms with E-state index >= 15 is 0 Å². The monoisotopic (exact) mass is 396 g/mol. The number of halogens is 5. The molecule has 0 aliphatic heterocycles. The summed E-state index contributed by atoms with van der Waals surface area (Å²) in [5.41, 5.74) is -0.190. The van der Waals surface area contributed by atoms with E-state index in [-0.39, 0.29) is 12.4 Å². The highest BCUT2D eigenvalue weighted by atomic mass is 127. The maximum atomic E-state index is 13.9. The Morgan fingerprint density at radius 1 is 1.00 bits per heavy atom. The molecular formula is C14H9F4IO. The van der Waals surface area contributed by atoms with Crippen molar-refractivity contribution in [3.05, 3.63) is 63.0 Å². The van der Waals surface area contributed by atoms with Crippen molar-refractivity contribution < 1.29 is 22.3 Å². The van der Waals surface area contributed by atoms with Crippen molar-refractivity contribution >= 4 is 22.6 Å². The molecule has 0 aliphatic rings. The number of rotatable bonds is 3. The summed E-state index contributed by atoms with van der Waals surface area (Å²) in [4.78, 5) is 0. The molecule has 0 heterocycles. The van der Waals surface area contributed by atoms with Crippen LogP contribution in [0.5, 0.6) is 5.75 Å². The van der Waals surface area contributed by atoms with Crippen molar-refractivity contribution in [2.24, 2.45) is 0 Å². The Balaban J connectivity index is 2.20. The molecule has 2 aromatic carbocycles. The normalized spacial score (nSPS) is 11.4. The van der Waals surface area contributed by atoms with Gasteiger partial charge in [0.25, 0.3) is 0 Å². The molecule has 6 heteroatoms. The van der Waals surface area contributed by atoms with Crippen LogP contribution in [0.25, 0.3) is 0 Å². The predicted molar refractivity (Wildman–Crippen MR) is 74.9 cm³/mol. The van der Waals surface area contributed by atoms with Gasteiger partial charge in [-0.1, -0.05) is 30.3 Å². The Kier molecular flexibility index (Phi) is 4.52. The predicted octanol–water partition coefficient (Wildman–Crippen LogP) is 5.03. The summed E-state index contributed by atoms with van der Waals surface area (Å²) in [6.45, 7) is 0.0964. The van der Waals surface area contributed by atoms with Gasteiger partial charge in [0.15, 0.2) is 11.6 Å². The first kappa shape index (κ1) is 15.1. The zero-order chi connectivity index (χ0) is 14.8. The van der Waals surface area contributed by atoms with E-state index in [1.165, 1.54) is 22.6 Å². The summed E-state index contributed by atoms with van der Waals surface area (Å²) in [5, 5.41) is 0. The van der Waals surface area contributed by atoms with Gasteiger partial charge in [0.2, 0.25) is 0 Å². The smallest absolute Gasteiger partial charge is 0.417 e. The van der Waals surface area contributed by atoms with Crippen LogP contribution in [0.4, 0.5) is 17.6 Å². The molecule has 0 spiro atoms. The van der Waals surface area contributed by atoms with Crippen LogP contribution < -0.4 is 4.74 Å². The van der Waals surface area contributed by atoms with Crippen LogP contribution in [-0.2, 0) is 12.8 Å². The van der Waals surface area contributed by atoms with Gasteiger partial charge >= 0.3 is 6.18 Å². The van der Waals surface area contributed by atoms with Crippen LogP contribution in [0.2, 0.25) is 0 Å². The summed E-state index contributed by atoms with van der Waals surface area (Å²) in [7, 11) is 0. The Labute approximate surface area is 126 Å². The second-order valence-corrected chi connectivity index (χ2v) is 5.09. The molecule has 20 heavy (non-hydrogen) atoms. The standard InChI is InChI=1S/C14H9F4IO/c15-12-11(20-8-9-4-2-1-3-5-9)7-6-10(13(12)19)14(16,17)18/h1-7H,8H2. The Morgan fingerprint density at radius 2 is 1.65 bits per heavy atom. The van der Waals surface area contributed by atoms with E-state index < -0.39 is 21.1 Å². The Bertz CT molecular complexity index is 596. The van der Waals surface area contributed by atoms with E-state index in [0.29, 0.717) is 0 Å². The molecule has 1 nitrogen and oxygen atoms in total. The number of hydrogen-bond acceptors (Lipinski definition) is 1. The van der Waals surface area contributed by atoms with E-state index in [4.69, 9.17) is 4.74 Å². The van der Waals surface area contributed by atoms with E-state index in [1.54, 1.807) is 24.3 Å². The largest absolute Gasteiger partial charge is 0.486 e. The summed E-state index contributed by atoms with van der Waals surface area (Å²) >= 11 is 1.34. The quantitative estimate of drug-likeness (QED) is 0.523. The van der Waals surface area contributed by atoms with Crippen LogP contribution in [0, 0.1) is 9.39 Å². The van der Waals surface area contributed by atoms with Crippen LogP contribution >= 0.6 is 22.6 Å². The van der Waals surface area contributed by atoms with E-state index in [1.807, 2.05) is 6.07 Å². The SMILES string of the molecule is Fc1c(OCc2ccccc2)ccc(C(F)(F)F)c1I. The minimum absolute atomic E-state index is 0.0964. The highest BCUT2D eigenvalue weighted by Crippen LogP contribution is 2.36. The van der Waals surface area contributed by atoms with E-state index in [9.17, 15) is 17.6 Å². The molecule has 0 aromatic heterocycles. The average Bonchev–Trinajstić information content (AvgIpc) is 2.40. The van der Waals surface area contributed by atoms with Crippen LogP contribution in [0.3, 0.4) is 0 Å². The molecule has 106 valence electrons. The highest BCUT2D eigenvalue weighted by molar-refractivity contribution is 14.1. The molecule has 0 fully saturated rings. The fourth-order valence-electron chi connectivity index (χ4n) is 1.60. The Hall–Kier alpha value is -1.31. The third-order valence-corrected chi connectivity index (χ3v) is 3.64. The molecule has 2 rings (SSSR count). The Morgan fingerprint density at radius 3 is 2.25 bits per heavy atom. The van der Waals surface area contributed by atoms with Crippen molar-refractivity contribution in [2.75, 3.05) is 0 Å². The lowest BCUT2D eigenvalue weighted by Crippen LogP contribution is -2.10. The zero-order valence-corrected chi connectivity index (χ0v) is 12.2. The molecule has 0 aliphatic carbocycles. The number of alkyl halides is 3. The molecule has 2 aromatic rings. The maximum absolute atomic E-state index is 13.9. The lowest BCUT2D eigenvalue weighted by molar-refractivity contribution is -0.138. The molecule has 0 unspecified atom stereocenters. The third-order valence-electron chi connectivity index (χ3n) is 2.59. The van der Waals surface area contributed by atoms with Crippen molar-refractivity contribution in [1.82, 2.24) is 0 Å². The van der Waals surface area contributed by atoms with Gasteiger partial charge in [-0.25, -0.2) is 4.39 Å². The second-order valence-electron chi connectivity index (χ2n) is 4.01. The van der Waals surface area contributed by atoms with Gasteiger partial charge in [0.05, 0.1) is 9.13 Å². The number of benzene rings is 2. The minimum Gasteiger partial charge on any atom is -0.486 e. The first-order valence-corrected chi connectivity index (χ1v) is 6.69. The maximum Gasteiger partial charge on any atom is 0.417 e. The van der Waals surface area contributed by atoms with Gasteiger partial charge in [0.1, 0.15) is 6.61 Å². The van der Waals surface area contributed by atoms with Gasteiger partial charge in [-0.2, -0.15) is 13.2 Å². The molecule has 0 saturated carbocycles. The van der Waals surface area contributed by atoms with Gasteiger partial charge in [-0.3, -0.25) is 0 Å². The zero-order valence-electron chi connectivity index (χ0n) is 10.0. The topological polar surface area (TPSA) is 9.23 Å². The molecule has 0 bridgehead atoms. The summed E-state index contributed by atoms with van der Waals surface area (Å²) in [6.07, 6.45) is -4.57. The lowest BCUT2D eigenvalue weighted by Gasteiger charge is -2.13. The van der Waals surface area contributed by atoms with Crippen LogP contribution in [0.15, 0.2) is 42.5 Å².